The lowest BCUT2D eigenvalue weighted by atomic mass is 9.49. The van der Waals surface area contributed by atoms with Gasteiger partial charge in [-0.2, -0.15) is 0 Å². The van der Waals surface area contributed by atoms with Gasteiger partial charge in [-0.3, -0.25) is 4.79 Å². The summed E-state index contributed by atoms with van der Waals surface area (Å²) in [4.78, 5) is 13.1. The Bertz CT molecular complexity index is 671. The Morgan fingerprint density at radius 3 is 2.38 bits per heavy atom. The molecule has 1 unspecified atom stereocenters. The highest BCUT2D eigenvalue weighted by molar-refractivity contribution is 5.80. The number of benzene rings is 1. The van der Waals surface area contributed by atoms with Crippen LogP contribution in [0.1, 0.15) is 51.0 Å². The quantitative estimate of drug-likeness (QED) is 0.436. The lowest BCUT2D eigenvalue weighted by molar-refractivity contribution is -0.161. The smallest absolute Gasteiger partial charge is 0.317 e. The molecule has 1 saturated heterocycles. The van der Waals surface area contributed by atoms with E-state index in [1.807, 2.05) is 18.2 Å². The fraction of sp³-hybridized carbons (Fsp3) is 0.682. The van der Waals surface area contributed by atoms with E-state index in [4.69, 9.17) is 14.2 Å². The van der Waals surface area contributed by atoms with Crippen molar-refractivity contribution in [3.05, 3.63) is 23.8 Å². The standard InChI is InChI=1S/C22H28O4/c1-2-17-8-18(3-4-20(17)25-13-19-12-24-19)26-21(23)22-9-14-5-15(10-22)7-16(6-14)11-22/h3-4,8,14-16,19H,2,5-7,9-13H2,1H3. The van der Waals surface area contributed by atoms with Gasteiger partial charge in [0.25, 0.3) is 0 Å². The van der Waals surface area contributed by atoms with E-state index in [9.17, 15) is 4.79 Å². The van der Waals surface area contributed by atoms with Crippen LogP contribution < -0.4 is 9.47 Å². The lowest BCUT2D eigenvalue weighted by Gasteiger charge is -2.55. The molecule has 0 aromatic heterocycles. The molecule has 4 heteroatoms. The van der Waals surface area contributed by atoms with Gasteiger partial charge in [0.1, 0.15) is 24.2 Å². The minimum atomic E-state index is -0.209. The minimum absolute atomic E-state index is 0.0127. The van der Waals surface area contributed by atoms with Gasteiger partial charge in [0, 0.05) is 0 Å². The second-order valence-corrected chi connectivity index (χ2v) is 8.98. The van der Waals surface area contributed by atoms with E-state index in [0.717, 1.165) is 61.4 Å². The third-order valence-corrected chi connectivity index (χ3v) is 6.92. The van der Waals surface area contributed by atoms with Crippen LogP contribution in [0.25, 0.3) is 0 Å². The SMILES string of the molecule is CCc1cc(OC(=O)C23CC4CC(CC(C4)C2)C3)ccc1OCC1CO1. The zero-order valence-corrected chi connectivity index (χ0v) is 15.5. The van der Waals surface area contributed by atoms with Gasteiger partial charge in [-0.1, -0.05) is 6.92 Å². The Kier molecular flexibility index (Phi) is 4.00. The normalized spacial score (nSPS) is 36.8. The molecule has 4 nitrogen and oxygen atoms in total. The molecule has 1 aromatic rings. The molecular weight excluding hydrogens is 328 g/mol. The van der Waals surface area contributed by atoms with Gasteiger partial charge in [0.15, 0.2) is 0 Å². The van der Waals surface area contributed by atoms with E-state index in [1.165, 1.54) is 19.3 Å². The van der Waals surface area contributed by atoms with Gasteiger partial charge < -0.3 is 14.2 Å². The molecule has 1 atom stereocenters. The average Bonchev–Trinajstić information content (AvgIpc) is 3.43. The van der Waals surface area contributed by atoms with Crippen LogP contribution in [0, 0.1) is 23.2 Å². The third kappa shape index (κ3) is 3.02. The van der Waals surface area contributed by atoms with Crippen molar-refractivity contribution in [2.24, 2.45) is 23.2 Å². The van der Waals surface area contributed by atoms with Crippen molar-refractivity contribution < 1.29 is 19.0 Å². The monoisotopic (exact) mass is 356 g/mol. The van der Waals surface area contributed by atoms with E-state index in [-0.39, 0.29) is 17.5 Å². The van der Waals surface area contributed by atoms with E-state index in [0.29, 0.717) is 12.4 Å². The number of epoxide rings is 1. The van der Waals surface area contributed by atoms with Crippen molar-refractivity contribution in [2.45, 2.75) is 58.0 Å². The van der Waals surface area contributed by atoms with Crippen molar-refractivity contribution in [3.8, 4) is 11.5 Å². The van der Waals surface area contributed by atoms with E-state index >= 15 is 0 Å². The Balaban J connectivity index is 1.30. The Morgan fingerprint density at radius 2 is 1.81 bits per heavy atom. The fourth-order valence-electron chi connectivity index (χ4n) is 5.96. The predicted octanol–water partition coefficient (Wildman–Crippen LogP) is 4.15. The number of rotatable bonds is 6. The maximum Gasteiger partial charge on any atom is 0.317 e. The van der Waals surface area contributed by atoms with Crippen LogP contribution in [0.4, 0.5) is 0 Å². The Morgan fingerprint density at radius 1 is 1.15 bits per heavy atom. The zero-order chi connectivity index (χ0) is 17.7. The molecule has 4 bridgehead atoms. The molecule has 1 aliphatic heterocycles. The molecule has 0 amide bonds. The van der Waals surface area contributed by atoms with Gasteiger partial charge >= 0.3 is 5.97 Å². The number of esters is 1. The summed E-state index contributed by atoms with van der Waals surface area (Å²) >= 11 is 0. The first kappa shape index (κ1) is 16.6. The summed E-state index contributed by atoms with van der Waals surface area (Å²) in [5.74, 6) is 3.80. The Hall–Kier alpha value is -1.55. The highest BCUT2D eigenvalue weighted by atomic mass is 16.6. The van der Waals surface area contributed by atoms with Crippen molar-refractivity contribution in [3.63, 3.8) is 0 Å². The van der Waals surface area contributed by atoms with Crippen LogP contribution in [-0.4, -0.2) is 25.3 Å². The fourth-order valence-corrected chi connectivity index (χ4v) is 5.96. The molecule has 5 fully saturated rings. The largest absolute Gasteiger partial charge is 0.491 e. The van der Waals surface area contributed by atoms with Crippen LogP contribution >= 0.6 is 0 Å². The first-order valence-corrected chi connectivity index (χ1v) is 10.2. The highest BCUT2D eigenvalue weighted by Gasteiger charge is 2.55. The molecule has 0 radical (unpaired) electrons. The van der Waals surface area contributed by atoms with Crippen LogP contribution in [0.2, 0.25) is 0 Å². The van der Waals surface area contributed by atoms with Gasteiger partial charge in [-0.05, 0) is 86.5 Å². The number of carbonyl (C=O) groups is 1. The number of hydrogen-bond donors (Lipinski definition) is 0. The first-order chi connectivity index (χ1) is 12.6. The van der Waals surface area contributed by atoms with E-state index < -0.39 is 0 Å². The molecule has 5 aliphatic rings. The summed E-state index contributed by atoms with van der Waals surface area (Å²) in [6.07, 6.45) is 8.23. The number of carbonyl (C=O) groups excluding carboxylic acids is 1. The summed E-state index contributed by atoms with van der Waals surface area (Å²) in [6, 6.07) is 5.78. The summed E-state index contributed by atoms with van der Waals surface area (Å²) in [5, 5.41) is 0. The molecule has 140 valence electrons. The van der Waals surface area contributed by atoms with Gasteiger partial charge in [0.05, 0.1) is 12.0 Å². The van der Waals surface area contributed by atoms with Gasteiger partial charge in [-0.15, -0.1) is 0 Å². The first-order valence-electron chi connectivity index (χ1n) is 10.2. The van der Waals surface area contributed by atoms with E-state index in [2.05, 4.69) is 6.92 Å². The number of hydrogen-bond acceptors (Lipinski definition) is 4. The predicted molar refractivity (Wildman–Crippen MR) is 97.3 cm³/mol. The highest BCUT2D eigenvalue weighted by Crippen LogP contribution is 2.60. The topological polar surface area (TPSA) is 48.1 Å². The summed E-state index contributed by atoms with van der Waals surface area (Å²) < 4.78 is 17.0. The third-order valence-electron chi connectivity index (χ3n) is 6.92. The minimum Gasteiger partial charge on any atom is -0.491 e. The molecule has 0 N–H and O–H groups in total. The summed E-state index contributed by atoms with van der Waals surface area (Å²) in [5.41, 5.74) is 0.876. The van der Waals surface area contributed by atoms with Crippen molar-refractivity contribution in [1.29, 1.82) is 0 Å². The summed E-state index contributed by atoms with van der Waals surface area (Å²) in [7, 11) is 0. The average molecular weight is 356 g/mol. The van der Waals surface area contributed by atoms with Crippen molar-refractivity contribution in [2.75, 3.05) is 13.2 Å². The molecule has 0 spiro atoms. The van der Waals surface area contributed by atoms with Crippen molar-refractivity contribution in [1.82, 2.24) is 0 Å². The van der Waals surface area contributed by atoms with E-state index in [1.54, 1.807) is 0 Å². The Labute approximate surface area is 155 Å². The summed E-state index contributed by atoms with van der Waals surface area (Å²) in [6.45, 7) is 3.49. The maximum atomic E-state index is 13.1. The molecular formula is C22H28O4. The number of ether oxygens (including phenoxy) is 3. The molecule has 26 heavy (non-hydrogen) atoms. The number of aryl methyl sites for hydroxylation is 1. The van der Waals surface area contributed by atoms with Crippen LogP contribution in [0.5, 0.6) is 11.5 Å². The molecule has 4 saturated carbocycles. The lowest BCUT2D eigenvalue weighted by Crippen LogP contribution is -2.51. The van der Waals surface area contributed by atoms with Gasteiger partial charge in [0.2, 0.25) is 0 Å². The second-order valence-electron chi connectivity index (χ2n) is 8.98. The molecule has 1 aromatic carbocycles. The zero-order valence-electron chi connectivity index (χ0n) is 15.5. The maximum absolute atomic E-state index is 13.1. The second kappa shape index (κ2) is 6.26. The molecule has 4 aliphatic carbocycles. The molecule has 6 rings (SSSR count). The van der Waals surface area contributed by atoms with Crippen LogP contribution in [0.15, 0.2) is 18.2 Å². The van der Waals surface area contributed by atoms with Crippen molar-refractivity contribution >= 4 is 5.97 Å². The molecule has 1 heterocycles. The van der Waals surface area contributed by atoms with Crippen LogP contribution in [-0.2, 0) is 16.0 Å². The van der Waals surface area contributed by atoms with Gasteiger partial charge in [-0.25, -0.2) is 0 Å². The van der Waals surface area contributed by atoms with Crippen LogP contribution in [0.3, 0.4) is 0 Å².